The largest absolute Gasteiger partial charge is 0.319 e. The Bertz CT molecular complexity index is 447. The lowest BCUT2D eigenvalue weighted by Gasteiger charge is -2.08. The molecular weight excluding hydrogens is 193 g/mol. The van der Waals surface area contributed by atoms with Gasteiger partial charge in [-0.05, 0) is 23.8 Å². The molecule has 0 saturated carbocycles. The van der Waals surface area contributed by atoms with Crippen molar-refractivity contribution in [3.05, 3.63) is 53.6 Å². The Kier molecular flexibility index (Phi) is 2.51. The Morgan fingerprint density at radius 2 is 1.93 bits per heavy atom. The van der Waals surface area contributed by atoms with E-state index in [-0.39, 0.29) is 11.9 Å². The predicted octanol–water partition coefficient (Wildman–Crippen LogP) is 1.61. The normalized spacial score (nSPS) is 12.7. The van der Waals surface area contributed by atoms with E-state index < -0.39 is 0 Å². The minimum absolute atomic E-state index is 0.257. The second kappa shape index (κ2) is 3.82. The van der Waals surface area contributed by atoms with Crippen LogP contribution in [0.4, 0.5) is 4.39 Å². The molecule has 0 fully saturated rings. The second-order valence-electron chi connectivity index (χ2n) is 3.44. The Labute approximate surface area is 87.3 Å². The van der Waals surface area contributed by atoms with Crippen LogP contribution in [0.1, 0.15) is 17.3 Å². The van der Waals surface area contributed by atoms with Gasteiger partial charge in [0.25, 0.3) is 0 Å². The van der Waals surface area contributed by atoms with Crippen LogP contribution in [0.2, 0.25) is 0 Å². The molecule has 78 valence electrons. The summed E-state index contributed by atoms with van der Waals surface area (Å²) in [5.74, 6) is -0.257. The minimum Gasteiger partial charge on any atom is -0.319 e. The van der Waals surface area contributed by atoms with Gasteiger partial charge in [-0.1, -0.05) is 12.1 Å². The Morgan fingerprint density at radius 1 is 1.27 bits per heavy atom. The van der Waals surface area contributed by atoms with Crippen molar-refractivity contribution in [3.63, 3.8) is 0 Å². The molecule has 2 N–H and O–H groups in total. The molecule has 1 aromatic carbocycles. The maximum atomic E-state index is 12.7. The number of halogens is 1. The lowest BCUT2D eigenvalue weighted by atomic mass is 10.1. The maximum Gasteiger partial charge on any atom is 0.123 e. The Morgan fingerprint density at radius 3 is 2.47 bits per heavy atom. The molecule has 0 saturated heterocycles. The molecule has 0 unspecified atom stereocenters. The van der Waals surface area contributed by atoms with Gasteiger partial charge in [-0.15, -0.1) is 0 Å². The molecule has 0 aliphatic rings. The van der Waals surface area contributed by atoms with E-state index in [1.165, 1.54) is 12.1 Å². The van der Waals surface area contributed by atoms with Gasteiger partial charge in [0.1, 0.15) is 5.82 Å². The first-order valence-corrected chi connectivity index (χ1v) is 4.67. The summed E-state index contributed by atoms with van der Waals surface area (Å²) in [6.45, 7) is 0. The summed E-state index contributed by atoms with van der Waals surface area (Å²) in [5.41, 5.74) is 7.62. The van der Waals surface area contributed by atoms with Gasteiger partial charge in [0.2, 0.25) is 0 Å². The Balaban J connectivity index is 2.28. The number of rotatable bonds is 2. The summed E-state index contributed by atoms with van der Waals surface area (Å²) < 4.78 is 14.4. The van der Waals surface area contributed by atoms with E-state index in [0.29, 0.717) is 0 Å². The zero-order valence-corrected chi connectivity index (χ0v) is 8.39. The van der Waals surface area contributed by atoms with Crippen molar-refractivity contribution in [1.29, 1.82) is 0 Å². The van der Waals surface area contributed by atoms with E-state index >= 15 is 0 Å². The van der Waals surface area contributed by atoms with Gasteiger partial charge in [0, 0.05) is 13.2 Å². The van der Waals surface area contributed by atoms with Crippen molar-refractivity contribution in [2.24, 2.45) is 12.8 Å². The zero-order valence-electron chi connectivity index (χ0n) is 8.39. The van der Waals surface area contributed by atoms with Crippen LogP contribution in [0.5, 0.6) is 0 Å². The van der Waals surface area contributed by atoms with Crippen LogP contribution in [0.15, 0.2) is 36.5 Å². The first-order chi connectivity index (χ1) is 7.16. The highest BCUT2D eigenvalue weighted by Gasteiger charge is 2.11. The smallest absolute Gasteiger partial charge is 0.123 e. The van der Waals surface area contributed by atoms with Crippen molar-refractivity contribution >= 4 is 0 Å². The summed E-state index contributed by atoms with van der Waals surface area (Å²) in [4.78, 5) is 0. The van der Waals surface area contributed by atoms with Crippen LogP contribution in [-0.4, -0.2) is 9.78 Å². The number of hydrogen-bond acceptors (Lipinski definition) is 2. The van der Waals surface area contributed by atoms with Gasteiger partial charge in [-0.25, -0.2) is 4.39 Å². The summed E-state index contributed by atoms with van der Waals surface area (Å²) in [6.07, 6.45) is 1.83. The molecule has 2 rings (SSSR count). The van der Waals surface area contributed by atoms with Gasteiger partial charge in [0.15, 0.2) is 0 Å². The summed E-state index contributed by atoms with van der Waals surface area (Å²) in [6, 6.07) is 7.71. The molecule has 0 bridgehead atoms. The van der Waals surface area contributed by atoms with Crippen molar-refractivity contribution in [3.8, 4) is 0 Å². The van der Waals surface area contributed by atoms with Crippen LogP contribution in [0.3, 0.4) is 0 Å². The van der Waals surface area contributed by atoms with Crippen molar-refractivity contribution < 1.29 is 4.39 Å². The number of benzene rings is 1. The van der Waals surface area contributed by atoms with Crippen LogP contribution in [0.25, 0.3) is 0 Å². The van der Waals surface area contributed by atoms with Crippen LogP contribution < -0.4 is 5.73 Å². The molecule has 4 heteroatoms. The fourth-order valence-corrected chi connectivity index (χ4v) is 1.44. The van der Waals surface area contributed by atoms with Crippen LogP contribution in [0, 0.1) is 5.82 Å². The van der Waals surface area contributed by atoms with E-state index in [1.807, 2.05) is 19.3 Å². The topological polar surface area (TPSA) is 43.8 Å². The van der Waals surface area contributed by atoms with Gasteiger partial charge in [-0.3, -0.25) is 4.68 Å². The third-order valence-electron chi connectivity index (χ3n) is 2.28. The summed E-state index contributed by atoms with van der Waals surface area (Å²) in [5, 5.41) is 4.21. The molecule has 1 atom stereocenters. The molecule has 0 amide bonds. The number of aryl methyl sites for hydroxylation is 1. The van der Waals surface area contributed by atoms with Crippen molar-refractivity contribution in [2.75, 3.05) is 0 Å². The highest BCUT2D eigenvalue weighted by atomic mass is 19.1. The molecule has 0 radical (unpaired) electrons. The Hall–Kier alpha value is -1.68. The fraction of sp³-hybridized carbons (Fsp3) is 0.182. The third-order valence-corrected chi connectivity index (χ3v) is 2.28. The van der Waals surface area contributed by atoms with E-state index in [9.17, 15) is 4.39 Å². The number of nitrogens with two attached hydrogens (primary N) is 1. The predicted molar refractivity (Wildman–Crippen MR) is 55.6 cm³/mol. The minimum atomic E-state index is -0.299. The molecule has 1 aromatic heterocycles. The average molecular weight is 205 g/mol. The van der Waals surface area contributed by atoms with Crippen LogP contribution in [-0.2, 0) is 7.05 Å². The zero-order chi connectivity index (χ0) is 10.8. The van der Waals surface area contributed by atoms with Gasteiger partial charge < -0.3 is 5.73 Å². The van der Waals surface area contributed by atoms with Gasteiger partial charge >= 0.3 is 0 Å². The first-order valence-electron chi connectivity index (χ1n) is 4.67. The number of aromatic nitrogens is 2. The molecule has 15 heavy (non-hydrogen) atoms. The third kappa shape index (κ3) is 2.05. The van der Waals surface area contributed by atoms with Crippen LogP contribution >= 0.6 is 0 Å². The van der Waals surface area contributed by atoms with E-state index in [0.717, 1.165) is 11.3 Å². The second-order valence-corrected chi connectivity index (χ2v) is 3.44. The number of hydrogen-bond donors (Lipinski definition) is 1. The molecule has 0 spiro atoms. The van der Waals surface area contributed by atoms with Crippen molar-refractivity contribution in [1.82, 2.24) is 9.78 Å². The average Bonchev–Trinajstić information content (AvgIpc) is 2.65. The molecule has 3 nitrogen and oxygen atoms in total. The quantitative estimate of drug-likeness (QED) is 0.809. The first kappa shape index (κ1) is 9.86. The van der Waals surface area contributed by atoms with E-state index in [1.54, 1.807) is 16.8 Å². The maximum absolute atomic E-state index is 12.7. The SMILES string of the molecule is Cn1ccc([C@@H](N)c2ccc(F)cc2)n1. The molecule has 2 aromatic rings. The van der Waals surface area contributed by atoms with Gasteiger partial charge in [-0.2, -0.15) is 5.10 Å². The highest BCUT2D eigenvalue weighted by molar-refractivity contribution is 5.26. The van der Waals surface area contributed by atoms with Crippen molar-refractivity contribution in [2.45, 2.75) is 6.04 Å². The van der Waals surface area contributed by atoms with E-state index in [4.69, 9.17) is 5.73 Å². The van der Waals surface area contributed by atoms with E-state index in [2.05, 4.69) is 5.10 Å². The molecular formula is C11H12FN3. The number of nitrogens with zero attached hydrogens (tertiary/aromatic N) is 2. The molecule has 1 heterocycles. The summed E-state index contributed by atoms with van der Waals surface area (Å²) in [7, 11) is 1.83. The standard InChI is InChI=1S/C11H12FN3/c1-15-7-6-10(14-15)11(13)8-2-4-9(12)5-3-8/h2-7,11H,13H2,1H3/t11-/m0/s1. The fourth-order valence-electron chi connectivity index (χ4n) is 1.44. The lowest BCUT2D eigenvalue weighted by Crippen LogP contribution is -2.12. The monoisotopic (exact) mass is 205 g/mol. The van der Waals surface area contributed by atoms with Gasteiger partial charge in [0.05, 0.1) is 11.7 Å². The molecule has 0 aliphatic carbocycles. The highest BCUT2D eigenvalue weighted by Crippen LogP contribution is 2.17. The summed E-state index contributed by atoms with van der Waals surface area (Å²) >= 11 is 0. The molecule has 0 aliphatic heterocycles. The lowest BCUT2D eigenvalue weighted by molar-refractivity contribution is 0.626.